The molecule has 2 heterocycles. The monoisotopic (exact) mass is 359 g/mol. The molecule has 2 fully saturated rings. The van der Waals surface area contributed by atoms with E-state index in [1.54, 1.807) is 0 Å². The van der Waals surface area contributed by atoms with E-state index in [0.29, 0.717) is 6.04 Å². The van der Waals surface area contributed by atoms with Crippen molar-refractivity contribution in [3.63, 3.8) is 0 Å². The van der Waals surface area contributed by atoms with Crippen LogP contribution in [0.2, 0.25) is 0 Å². The predicted molar refractivity (Wildman–Crippen MR) is 103 cm³/mol. The van der Waals surface area contributed by atoms with Gasteiger partial charge < -0.3 is 20.4 Å². The van der Waals surface area contributed by atoms with Gasteiger partial charge in [-0.15, -0.1) is 0 Å². The number of benzene rings is 1. The van der Waals surface area contributed by atoms with Crippen LogP contribution < -0.4 is 5.32 Å². The Balaban J connectivity index is 1.54. The summed E-state index contributed by atoms with van der Waals surface area (Å²) >= 11 is 0. The Hall–Kier alpha value is -0.980. The molecule has 5 heteroatoms. The third kappa shape index (κ3) is 3.00. The Labute approximate surface area is 157 Å². The maximum absolute atomic E-state index is 11.5. The smallest absolute Gasteiger partial charge is 0.0834 e. The van der Waals surface area contributed by atoms with Gasteiger partial charge in [0.25, 0.3) is 0 Å². The minimum absolute atomic E-state index is 0.0724. The maximum atomic E-state index is 11.5. The number of aliphatic hydroxyl groups is 2. The Morgan fingerprint density at radius 3 is 2.58 bits per heavy atom. The predicted octanol–water partition coefficient (Wildman–Crippen LogP) is 1.11. The van der Waals surface area contributed by atoms with Crippen molar-refractivity contribution in [3.05, 3.63) is 35.4 Å². The molecule has 1 aromatic rings. The molecule has 1 aliphatic carbocycles. The molecule has 144 valence electrons. The second-order valence-corrected chi connectivity index (χ2v) is 8.35. The first kappa shape index (κ1) is 18.4. The third-order valence-electron chi connectivity index (χ3n) is 7.15. The molecular formula is C21H33N3O2. The summed E-state index contributed by atoms with van der Waals surface area (Å²) in [7, 11) is 2.11. The highest BCUT2D eigenvalue weighted by Gasteiger charge is 2.53. The highest BCUT2D eigenvalue weighted by atomic mass is 16.3. The third-order valence-corrected chi connectivity index (χ3v) is 7.15. The zero-order valence-electron chi connectivity index (χ0n) is 15.9. The molecule has 0 bridgehead atoms. The fraction of sp³-hybridized carbons (Fsp3) is 0.714. The van der Waals surface area contributed by atoms with Crippen LogP contribution in [0, 0.1) is 0 Å². The average Bonchev–Trinajstić information content (AvgIpc) is 2.91. The van der Waals surface area contributed by atoms with Gasteiger partial charge in [-0.25, -0.2) is 0 Å². The maximum Gasteiger partial charge on any atom is 0.0834 e. The van der Waals surface area contributed by atoms with Gasteiger partial charge in [0.15, 0.2) is 0 Å². The minimum Gasteiger partial charge on any atom is -0.395 e. The minimum atomic E-state index is -0.311. The van der Waals surface area contributed by atoms with Crippen LogP contribution in [-0.2, 0) is 5.41 Å². The lowest BCUT2D eigenvalue weighted by atomic mass is 9.72. The van der Waals surface area contributed by atoms with Crippen LogP contribution in [0.1, 0.15) is 42.9 Å². The number of hydrogen-bond acceptors (Lipinski definition) is 5. The van der Waals surface area contributed by atoms with Crippen molar-refractivity contribution in [3.8, 4) is 0 Å². The summed E-state index contributed by atoms with van der Waals surface area (Å²) in [5.41, 5.74) is 2.67. The molecule has 3 aliphatic rings. The highest BCUT2D eigenvalue weighted by molar-refractivity contribution is 5.45. The molecule has 1 spiro atoms. The van der Waals surface area contributed by atoms with E-state index in [-0.39, 0.29) is 24.2 Å². The number of aliphatic hydroxyl groups excluding tert-OH is 2. The van der Waals surface area contributed by atoms with Crippen LogP contribution in [0.25, 0.3) is 0 Å². The molecule has 0 amide bonds. The molecule has 2 aliphatic heterocycles. The van der Waals surface area contributed by atoms with Gasteiger partial charge in [0.1, 0.15) is 0 Å². The molecule has 0 aromatic heterocycles. The number of fused-ring (bicyclic) bond motifs is 2. The molecule has 0 radical (unpaired) electrons. The molecule has 2 atom stereocenters. The number of likely N-dealkylation sites (tertiary alicyclic amines) is 1. The van der Waals surface area contributed by atoms with Crippen LogP contribution in [0.4, 0.5) is 0 Å². The normalized spacial score (nSPS) is 29.4. The summed E-state index contributed by atoms with van der Waals surface area (Å²) in [4.78, 5) is 4.80. The van der Waals surface area contributed by atoms with Gasteiger partial charge in [-0.3, -0.25) is 4.90 Å². The molecule has 4 rings (SSSR count). The zero-order valence-corrected chi connectivity index (χ0v) is 15.9. The van der Waals surface area contributed by atoms with E-state index >= 15 is 0 Å². The lowest BCUT2D eigenvalue weighted by Crippen LogP contribution is -2.51. The molecule has 0 unspecified atom stereocenters. The summed E-state index contributed by atoms with van der Waals surface area (Å²) in [5.74, 6) is 0. The number of piperidine rings is 2. The first-order valence-corrected chi connectivity index (χ1v) is 10.2. The van der Waals surface area contributed by atoms with E-state index in [1.807, 2.05) is 0 Å². The van der Waals surface area contributed by atoms with E-state index in [0.717, 1.165) is 58.4 Å². The van der Waals surface area contributed by atoms with Gasteiger partial charge in [0.2, 0.25) is 0 Å². The van der Waals surface area contributed by atoms with Gasteiger partial charge in [0.05, 0.1) is 18.8 Å². The second kappa shape index (κ2) is 7.56. The highest BCUT2D eigenvalue weighted by Crippen LogP contribution is 2.52. The molecule has 1 aromatic carbocycles. The number of nitrogens with one attached hydrogen (secondary N) is 1. The van der Waals surface area contributed by atoms with Gasteiger partial charge in [-0.2, -0.15) is 0 Å². The molecule has 5 nitrogen and oxygen atoms in total. The van der Waals surface area contributed by atoms with E-state index in [9.17, 15) is 10.2 Å². The van der Waals surface area contributed by atoms with E-state index in [1.165, 1.54) is 11.1 Å². The van der Waals surface area contributed by atoms with Crippen LogP contribution in [0.5, 0.6) is 0 Å². The largest absolute Gasteiger partial charge is 0.395 e. The van der Waals surface area contributed by atoms with Crippen molar-refractivity contribution in [2.75, 3.05) is 46.4 Å². The zero-order chi connectivity index (χ0) is 18.1. The molecule has 3 N–H and O–H groups in total. The van der Waals surface area contributed by atoms with Gasteiger partial charge >= 0.3 is 0 Å². The van der Waals surface area contributed by atoms with Crippen LogP contribution in [0.3, 0.4) is 0 Å². The van der Waals surface area contributed by atoms with Crippen molar-refractivity contribution >= 4 is 0 Å². The van der Waals surface area contributed by atoms with Crippen LogP contribution >= 0.6 is 0 Å². The molecular weight excluding hydrogens is 326 g/mol. The SMILES string of the molecule is CN(CCO)C1CCN([C@@H]2c3ccccc3C3(CCNCC3)[C@H]2O)CC1. The fourth-order valence-electron chi connectivity index (χ4n) is 5.62. The van der Waals surface area contributed by atoms with Crippen molar-refractivity contribution in [1.29, 1.82) is 0 Å². The summed E-state index contributed by atoms with van der Waals surface area (Å²) in [5, 5.41) is 24.1. The lowest BCUT2D eigenvalue weighted by molar-refractivity contribution is -0.0167. The quantitative estimate of drug-likeness (QED) is 0.752. The van der Waals surface area contributed by atoms with Crippen molar-refractivity contribution in [1.82, 2.24) is 15.1 Å². The number of rotatable bonds is 4. The Bertz CT molecular complexity index is 609. The van der Waals surface area contributed by atoms with E-state index in [2.05, 4.69) is 46.4 Å². The van der Waals surface area contributed by atoms with Gasteiger partial charge in [-0.05, 0) is 56.9 Å². The first-order chi connectivity index (χ1) is 12.7. The van der Waals surface area contributed by atoms with Crippen LogP contribution in [-0.4, -0.2) is 78.5 Å². The molecule has 0 saturated carbocycles. The average molecular weight is 360 g/mol. The molecule has 2 saturated heterocycles. The molecule has 26 heavy (non-hydrogen) atoms. The number of hydrogen-bond donors (Lipinski definition) is 3. The van der Waals surface area contributed by atoms with Crippen LogP contribution in [0.15, 0.2) is 24.3 Å². The van der Waals surface area contributed by atoms with E-state index in [4.69, 9.17) is 0 Å². The number of nitrogens with zero attached hydrogens (tertiary/aromatic N) is 2. The van der Waals surface area contributed by atoms with Gasteiger partial charge in [0, 0.05) is 31.1 Å². The van der Waals surface area contributed by atoms with E-state index < -0.39 is 0 Å². The Kier molecular flexibility index (Phi) is 5.35. The van der Waals surface area contributed by atoms with Crippen molar-refractivity contribution < 1.29 is 10.2 Å². The Morgan fingerprint density at radius 1 is 1.19 bits per heavy atom. The fourth-order valence-corrected chi connectivity index (χ4v) is 5.62. The first-order valence-electron chi connectivity index (χ1n) is 10.2. The lowest BCUT2D eigenvalue weighted by Gasteiger charge is -2.43. The van der Waals surface area contributed by atoms with Crippen molar-refractivity contribution in [2.45, 2.75) is 49.3 Å². The summed E-state index contributed by atoms with van der Waals surface area (Å²) in [6.07, 6.45) is 3.95. The summed E-state index contributed by atoms with van der Waals surface area (Å²) in [6.45, 7) is 4.99. The topological polar surface area (TPSA) is 59.0 Å². The Morgan fingerprint density at radius 2 is 1.88 bits per heavy atom. The summed E-state index contributed by atoms with van der Waals surface area (Å²) < 4.78 is 0. The van der Waals surface area contributed by atoms with Gasteiger partial charge in [-0.1, -0.05) is 24.3 Å². The number of likely N-dealkylation sites (N-methyl/N-ethyl adjacent to an activating group) is 1. The standard InChI is InChI=1S/C21H33N3O2/c1-23(14-15-25)16-6-12-24(13-7-16)19-17-4-2-3-5-18(17)21(20(19)26)8-10-22-11-9-21/h2-5,16,19-20,22,25-26H,6-15H2,1H3/t19-,20+/m1/s1. The second-order valence-electron chi connectivity index (χ2n) is 8.35. The summed E-state index contributed by atoms with van der Waals surface area (Å²) in [6, 6.07) is 9.43. The van der Waals surface area contributed by atoms with Crippen molar-refractivity contribution in [2.24, 2.45) is 0 Å².